The largest absolute Gasteiger partial charge is 0.480 e. The minimum absolute atomic E-state index is 0.148. The van der Waals surface area contributed by atoms with Gasteiger partial charge in [-0.25, -0.2) is 9.79 Å². The number of nitrogens with one attached hydrogen (secondary N) is 2. The molecule has 1 aliphatic rings. The van der Waals surface area contributed by atoms with E-state index in [9.17, 15) is 4.79 Å². The minimum Gasteiger partial charge on any atom is -0.480 e. The number of rotatable bonds is 5. The molecule has 0 unspecified atom stereocenters. The Balaban J connectivity index is 1.81. The number of hydrogen-bond donors (Lipinski definition) is 2. The van der Waals surface area contributed by atoms with Crippen LogP contribution in [0.4, 0.5) is 0 Å². The fraction of sp³-hybridized carbons (Fsp3) is 0.217. The van der Waals surface area contributed by atoms with Crippen molar-refractivity contribution in [2.75, 3.05) is 13.2 Å². The van der Waals surface area contributed by atoms with Crippen LogP contribution in [0.3, 0.4) is 0 Å². The molecule has 0 amide bonds. The average molecular weight is 389 g/mol. The topological polar surface area (TPSA) is 79.5 Å². The highest BCUT2D eigenvalue weighted by Crippen LogP contribution is 2.11. The smallest absolute Gasteiger partial charge is 0.344 e. The molecule has 0 atom stereocenters. The number of ether oxygens (including phenoxy) is 2. The van der Waals surface area contributed by atoms with Crippen LogP contribution < -0.4 is 26.0 Å². The van der Waals surface area contributed by atoms with E-state index in [0.717, 1.165) is 43.9 Å². The van der Waals surface area contributed by atoms with E-state index in [2.05, 4.69) is 16.0 Å². The molecular formula is C23H23N3O3. The molecule has 0 spiro atoms. The summed E-state index contributed by atoms with van der Waals surface area (Å²) in [6.07, 6.45) is 4.01. The Bertz CT molecular complexity index is 1280. The first kappa shape index (κ1) is 18.8. The first-order valence-electron chi connectivity index (χ1n) is 9.58. The molecule has 2 N–H and O–H groups in total. The normalized spacial score (nSPS) is 14.9. The lowest BCUT2D eigenvalue weighted by Crippen LogP contribution is -2.19. The third-order valence-electron chi connectivity index (χ3n) is 4.69. The number of aromatic nitrogens is 2. The number of aryl methyl sites for hydroxylation is 2. The minimum atomic E-state index is -0.398. The predicted molar refractivity (Wildman–Crippen MR) is 111 cm³/mol. The molecule has 0 fully saturated rings. The van der Waals surface area contributed by atoms with E-state index in [4.69, 9.17) is 14.5 Å². The maximum absolute atomic E-state index is 11.8. The van der Waals surface area contributed by atoms with Gasteiger partial charge in [-0.3, -0.25) is 0 Å². The molecule has 0 saturated carbocycles. The molecule has 0 bridgehead atoms. The van der Waals surface area contributed by atoms with E-state index in [1.807, 2.05) is 56.3 Å². The summed E-state index contributed by atoms with van der Waals surface area (Å²) < 4.78 is 10.7. The van der Waals surface area contributed by atoms with Crippen LogP contribution in [0.1, 0.15) is 23.9 Å². The molecule has 6 heteroatoms. The summed E-state index contributed by atoms with van der Waals surface area (Å²) in [5.74, 6) is 0.178. The number of carbonyl (C=O) groups is 1. The Morgan fingerprint density at radius 2 is 2.00 bits per heavy atom. The maximum atomic E-state index is 11.8. The van der Waals surface area contributed by atoms with Gasteiger partial charge in [-0.2, -0.15) is 0 Å². The van der Waals surface area contributed by atoms with Crippen molar-refractivity contribution in [1.29, 1.82) is 0 Å². The number of esters is 1. The van der Waals surface area contributed by atoms with Gasteiger partial charge in [0.25, 0.3) is 0 Å². The third kappa shape index (κ3) is 4.01. The van der Waals surface area contributed by atoms with Crippen LogP contribution in [0.15, 0.2) is 41.4 Å². The Morgan fingerprint density at radius 3 is 2.72 bits per heavy atom. The third-order valence-corrected chi connectivity index (χ3v) is 4.69. The van der Waals surface area contributed by atoms with E-state index in [-0.39, 0.29) is 6.61 Å². The Kier molecular flexibility index (Phi) is 5.08. The highest BCUT2D eigenvalue weighted by molar-refractivity contribution is 5.77. The van der Waals surface area contributed by atoms with Gasteiger partial charge in [0.1, 0.15) is 5.75 Å². The summed E-state index contributed by atoms with van der Waals surface area (Å²) in [4.78, 5) is 23.2. The second-order valence-corrected chi connectivity index (χ2v) is 6.95. The summed E-state index contributed by atoms with van der Waals surface area (Å²) in [5, 5.41) is 3.61. The van der Waals surface area contributed by atoms with Crippen LogP contribution in [0.2, 0.25) is 0 Å². The van der Waals surface area contributed by atoms with Crippen LogP contribution in [-0.4, -0.2) is 29.2 Å². The molecule has 0 aliphatic carbocycles. The first-order valence-corrected chi connectivity index (χ1v) is 9.58. The molecule has 4 rings (SSSR count). The fourth-order valence-electron chi connectivity index (χ4n) is 3.36. The van der Waals surface area contributed by atoms with Crippen LogP contribution in [0.25, 0.3) is 17.8 Å². The van der Waals surface area contributed by atoms with Crippen LogP contribution in [-0.2, 0) is 9.53 Å². The lowest BCUT2D eigenvalue weighted by Gasteiger charge is -2.03. The van der Waals surface area contributed by atoms with Gasteiger partial charge in [0, 0.05) is 22.7 Å². The zero-order valence-corrected chi connectivity index (χ0v) is 16.7. The second kappa shape index (κ2) is 7.83. The number of hydrogen-bond acceptors (Lipinski definition) is 4. The highest BCUT2D eigenvalue weighted by Gasteiger charge is 2.10. The maximum Gasteiger partial charge on any atom is 0.344 e. The number of H-pyrrole nitrogens is 2. The number of nitrogens with zero attached hydrogens (tertiary/aromatic N) is 1. The second-order valence-electron chi connectivity index (χ2n) is 6.95. The van der Waals surface area contributed by atoms with Crippen molar-refractivity contribution < 1.29 is 14.3 Å². The zero-order valence-electron chi connectivity index (χ0n) is 16.7. The molecule has 3 heterocycles. The Labute approximate surface area is 167 Å². The molecule has 0 saturated heterocycles. The molecular weight excluding hydrogens is 366 g/mol. The van der Waals surface area contributed by atoms with Crippen molar-refractivity contribution in [3.8, 4) is 5.75 Å². The number of benzene rings is 1. The predicted octanol–water partition coefficient (Wildman–Crippen LogP) is 0.952. The quantitative estimate of drug-likeness (QED) is 0.638. The number of carbonyl (C=O) groups excluding carboxylic acids is 1. The van der Waals surface area contributed by atoms with E-state index in [1.54, 1.807) is 6.92 Å². The molecule has 3 aromatic rings. The molecule has 0 radical (unpaired) electrons. The van der Waals surface area contributed by atoms with Crippen LogP contribution >= 0.6 is 0 Å². The molecule has 6 nitrogen and oxygen atoms in total. The SMILES string of the molecule is CCOC(=O)COc1cc(=C2C=c3ccccc3=N2)[nH]/c1=C/c1[nH]c(C)cc1C. The lowest BCUT2D eigenvalue weighted by molar-refractivity contribution is -0.145. The van der Waals surface area contributed by atoms with Gasteiger partial charge < -0.3 is 19.4 Å². The van der Waals surface area contributed by atoms with Crippen molar-refractivity contribution in [1.82, 2.24) is 9.97 Å². The van der Waals surface area contributed by atoms with Gasteiger partial charge in [0.2, 0.25) is 0 Å². The van der Waals surface area contributed by atoms with Crippen molar-refractivity contribution in [3.05, 3.63) is 74.6 Å². The summed E-state index contributed by atoms with van der Waals surface area (Å²) in [5.41, 5.74) is 4.02. The lowest BCUT2D eigenvalue weighted by atomic mass is 10.2. The highest BCUT2D eigenvalue weighted by atomic mass is 16.6. The average Bonchev–Trinajstić information content (AvgIpc) is 3.37. The standard InChI is InChI=1S/C23H23N3O3/c1-4-28-23(27)13-29-22-12-20(19-10-16-7-5-6-8-17(16)25-19)26-21(22)11-18-14(2)9-15(3)24-18/h5-12,24,26H,4,13H2,1-3H3/b20-19?,21-11+. The van der Waals surface area contributed by atoms with E-state index in [0.29, 0.717) is 12.4 Å². The molecule has 29 heavy (non-hydrogen) atoms. The fourth-order valence-corrected chi connectivity index (χ4v) is 3.36. The van der Waals surface area contributed by atoms with Gasteiger partial charge in [0.15, 0.2) is 6.61 Å². The van der Waals surface area contributed by atoms with E-state index >= 15 is 0 Å². The summed E-state index contributed by atoms with van der Waals surface area (Å²) in [6, 6.07) is 11.9. The Morgan fingerprint density at radius 1 is 1.17 bits per heavy atom. The van der Waals surface area contributed by atoms with Crippen LogP contribution in [0, 0.1) is 13.8 Å². The van der Waals surface area contributed by atoms with E-state index < -0.39 is 5.97 Å². The molecule has 1 aliphatic heterocycles. The summed E-state index contributed by atoms with van der Waals surface area (Å²) in [7, 11) is 0. The van der Waals surface area contributed by atoms with Crippen molar-refractivity contribution >= 4 is 23.8 Å². The van der Waals surface area contributed by atoms with Gasteiger partial charge in [-0.05, 0) is 50.6 Å². The number of fused-ring (bicyclic) bond motifs is 1. The first-order chi connectivity index (χ1) is 14.0. The van der Waals surface area contributed by atoms with Gasteiger partial charge in [-0.1, -0.05) is 18.2 Å². The summed E-state index contributed by atoms with van der Waals surface area (Å²) in [6.45, 7) is 6.01. The Hall–Kier alpha value is -3.54. The summed E-state index contributed by atoms with van der Waals surface area (Å²) >= 11 is 0. The molecule has 1 aromatic carbocycles. The van der Waals surface area contributed by atoms with Crippen molar-refractivity contribution in [3.63, 3.8) is 0 Å². The molecule has 148 valence electrons. The van der Waals surface area contributed by atoms with E-state index in [1.165, 1.54) is 0 Å². The van der Waals surface area contributed by atoms with Crippen LogP contribution in [0.5, 0.6) is 5.75 Å². The van der Waals surface area contributed by atoms with Crippen molar-refractivity contribution in [2.24, 2.45) is 4.99 Å². The van der Waals surface area contributed by atoms with Gasteiger partial charge in [0.05, 0.1) is 28.4 Å². The zero-order chi connectivity index (χ0) is 20.4. The molecule has 2 aromatic heterocycles. The van der Waals surface area contributed by atoms with Gasteiger partial charge >= 0.3 is 5.97 Å². The number of para-hydroxylation sites is 1. The van der Waals surface area contributed by atoms with Gasteiger partial charge in [-0.15, -0.1) is 0 Å². The van der Waals surface area contributed by atoms with Crippen molar-refractivity contribution in [2.45, 2.75) is 20.8 Å². The number of aromatic amines is 2. The monoisotopic (exact) mass is 389 g/mol.